The Morgan fingerprint density at radius 3 is 2.75 bits per heavy atom. The first kappa shape index (κ1) is 8.09. The first-order chi connectivity index (χ1) is 5.68. The van der Waals surface area contributed by atoms with E-state index in [0.29, 0.717) is 12.0 Å². The molecule has 0 radical (unpaired) electrons. The van der Waals surface area contributed by atoms with Crippen molar-refractivity contribution in [2.45, 2.75) is 33.1 Å². The smallest absolute Gasteiger partial charge is 0.309 e. The van der Waals surface area contributed by atoms with Crippen LogP contribution in [0.4, 0.5) is 0 Å². The molecule has 2 nitrogen and oxygen atoms in total. The molecule has 0 amide bonds. The lowest BCUT2D eigenvalue weighted by molar-refractivity contribution is -0.149. The molecule has 0 aromatic carbocycles. The maximum absolute atomic E-state index is 11.5. The third kappa shape index (κ3) is 0.970. The SMILES string of the molecule is CCOC(=O)C1CCC2CC21C. The molecule has 3 unspecified atom stereocenters. The molecule has 0 aliphatic heterocycles. The molecule has 3 atom stereocenters. The molecule has 68 valence electrons. The van der Waals surface area contributed by atoms with Gasteiger partial charge in [0.2, 0.25) is 0 Å². The van der Waals surface area contributed by atoms with Crippen LogP contribution in [0.25, 0.3) is 0 Å². The number of fused-ring (bicyclic) bond motifs is 1. The number of esters is 1. The highest BCUT2D eigenvalue weighted by atomic mass is 16.5. The highest BCUT2D eigenvalue weighted by Gasteiger charge is 2.61. The average molecular weight is 168 g/mol. The minimum absolute atomic E-state index is 0.0417. The van der Waals surface area contributed by atoms with Crippen LogP contribution in [0.1, 0.15) is 33.1 Å². The van der Waals surface area contributed by atoms with Gasteiger partial charge in [-0.1, -0.05) is 6.92 Å². The van der Waals surface area contributed by atoms with Gasteiger partial charge in [-0.05, 0) is 37.5 Å². The fourth-order valence-corrected chi connectivity index (χ4v) is 2.66. The molecule has 0 heterocycles. The van der Waals surface area contributed by atoms with Crippen molar-refractivity contribution in [1.82, 2.24) is 0 Å². The van der Waals surface area contributed by atoms with Crippen molar-refractivity contribution < 1.29 is 9.53 Å². The summed E-state index contributed by atoms with van der Waals surface area (Å²) in [6, 6.07) is 0. The topological polar surface area (TPSA) is 26.3 Å². The van der Waals surface area contributed by atoms with E-state index in [9.17, 15) is 4.79 Å². The predicted octanol–water partition coefficient (Wildman–Crippen LogP) is 1.99. The Balaban J connectivity index is 2.00. The molecular formula is C10H16O2. The molecule has 0 aromatic heterocycles. The summed E-state index contributed by atoms with van der Waals surface area (Å²) in [5.41, 5.74) is 0.326. The molecule has 0 bridgehead atoms. The lowest BCUT2D eigenvalue weighted by atomic mass is 9.92. The summed E-state index contributed by atoms with van der Waals surface area (Å²) in [7, 11) is 0. The van der Waals surface area contributed by atoms with Gasteiger partial charge in [0.1, 0.15) is 0 Å². The van der Waals surface area contributed by atoms with Crippen molar-refractivity contribution in [3.05, 3.63) is 0 Å². The molecule has 2 rings (SSSR count). The summed E-state index contributed by atoms with van der Waals surface area (Å²) in [4.78, 5) is 11.5. The normalized spacial score (nSPS) is 43.8. The standard InChI is InChI=1S/C10H16O2/c1-3-12-9(11)8-5-4-7-6-10(7,8)2/h7-8H,3-6H2,1-2H3. The second kappa shape index (κ2) is 2.48. The van der Waals surface area contributed by atoms with Crippen LogP contribution < -0.4 is 0 Å². The molecule has 2 fully saturated rings. The summed E-state index contributed by atoms with van der Waals surface area (Å²) in [6.07, 6.45) is 3.54. The quantitative estimate of drug-likeness (QED) is 0.589. The summed E-state index contributed by atoms with van der Waals surface area (Å²) >= 11 is 0. The van der Waals surface area contributed by atoms with Gasteiger partial charge in [-0.3, -0.25) is 4.79 Å². The fourth-order valence-electron chi connectivity index (χ4n) is 2.66. The van der Waals surface area contributed by atoms with Gasteiger partial charge in [-0.25, -0.2) is 0 Å². The van der Waals surface area contributed by atoms with E-state index in [2.05, 4.69) is 6.92 Å². The third-order valence-electron chi connectivity index (χ3n) is 3.63. The Labute approximate surface area is 73.3 Å². The first-order valence-electron chi connectivity index (χ1n) is 4.85. The molecule has 0 N–H and O–H groups in total. The van der Waals surface area contributed by atoms with Crippen molar-refractivity contribution in [2.75, 3.05) is 6.61 Å². The van der Waals surface area contributed by atoms with Crippen LogP contribution in [0.3, 0.4) is 0 Å². The summed E-state index contributed by atoms with van der Waals surface area (Å²) in [5.74, 6) is 1.08. The second-order valence-electron chi connectivity index (χ2n) is 4.29. The Bertz CT molecular complexity index is 210. The van der Waals surface area contributed by atoms with E-state index in [4.69, 9.17) is 4.74 Å². The zero-order valence-electron chi connectivity index (χ0n) is 7.80. The van der Waals surface area contributed by atoms with Crippen molar-refractivity contribution in [2.24, 2.45) is 17.3 Å². The highest BCUT2D eigenvalue weighted by Crippen LogP contribution is 2.66. The zero-order valence-corrected chi connectivity index (χ0v) is 7.80. The van der Waals surface area contributed by atoms with E-state index in [1.54, 1.807) is 0 Å². The van der Waals surface area contributed by atoms with Crippen LogP contribution in [0.5, 0.6) is 0 Å². The van der Waals surface area contributed by atoms with Crippen molar-refractivity contribution in [3.63, 3.8) is 0 Å². The Morgan fingerprint density at radius 2 is 2.33 bits per heavy atom. The molecule has 0 saturated heterocycles. The van der Waals surface area contributed by atoms with Gasteiger partial charge in [-0.15, -0.1) is 0 Å². The van der Waals surface area contributed by atoms with Crippen LogP contribution in [-0.2, 0) is 9.53 Å². The Hall–Kier alpha value is -0.530. The fraction of sp³-hybridized carbons (Fsp3) is 0.900. The number of hydrogen-bond donors (Lipinski definition) is 0. The van der Waals surface area contributed by atoms with E-state index in [-0.39, 0.29) is 11.9 Å². The van der Waals surface area contributed by atoms with Gasteiger partial charge in [-0.2, -0.15) is 0 Å². The number of carbonyl (C=O) groups excluding carboxylic acids is 1. The first-order valence-corrected chi connectivity index (χ1v) is 4.85. The lowest BCUT2D eigenvalue weighted by Crippen LogP contribution is -2.22. The molecule has 0 spiro atoms. The molecule has 2 aliphatic carbocycles. The average Bonchev–Trinajstić information content (AvgIpc) is 2.55. The molecule has 12 heavy (non-hydrogen) atoms. The maximum atomic E-state index is 11.5. The van der Waals surface area contributed by atoms with E-state index < -0.39 is 0 Å². The van der Waals surface area contributed by atoms with Crippen LogP contribution in [0.15, 0.2) is 0 Å². The maximum Gasteiger partial charge on any atom is 0.309 e. The number of rotatable bonds is 2. The minimum Gasteiger partial charge on any atom is -0.466 e. The molecule has 2 saturated carbocycles. The van der Waals surface area contributed by atoms with Crippen molar-refractivity contribution in [3.8, 4) is 0 Å². The second-order valence-corrected chi connectivity index (χ2v) is 4.29. The van der Waals surface area contributed by atoms with Crippen molar-refractivity contribution >= 4 is 5.97 Å². The van der Waals surface area contributed by atoms with Crippen molar-refractivity contribution in [1.29, 1.82) is 0 Å². The highest BCUT2D eigenvalue weighted by molar-refractivity contribution is 5.74. The Morgan fingerprint density at radius 1 is 1.58 bits per heavy atom. The van der Waals surface area contributed by atoms with Gasteiger partial charge in [0.05, 0.1) is 12.5 Å². The largest absolute Gasteiger partial charge is 0.466 e. The zero-order chi connectivity index (χ0) is 8.77. The third-order valence-corrected chi connectivity index (χ3v) is 3.63. The lowest BCUT2D eigenvalue weighted by Gasteiger charge is -2.16. The summed E-state index contributed by atoms with van der Waals surface area (Å²) < 4.78 is 5.05. The van der Waals surface area contributed by atoms with Gasteiger partial charge in [0, 0.05) is 0 Å². The van der Waals surface area contributed by atoms with Crippen LogP contribution in [0.2, 0.25) is 0 Å². The summed E-state index contributed by atoms with van der Waals surface area (Å²) in [5, 5.41) is 0. The number of ether oxygens (including phenoxy) is 1. The van der Waals surface area contributed by atoms with Gasteiger partial charge in [0.25, 0.3) is 0 Å². The number of carbonyl (C=O) groups is 1. The number of hydrogen-bond acceptors (Lipinski definition) is 2. The monoisotopic (exact) mass is 168 g/mol. The van der Waals surface area contributed by atoms with Crippen LogP contribution in [-0.4, -0.2) is 12.6 Å². The molecule has 0 aromatic rings. The molecular weight excluding hydrogens is 152 g/mol. The molecule has 2 heteroatoms. The van der Waals surface area contributed by atoms with E-state index in [1.807, 2.05) is 6.92 Å². The van der Waals surface area contributed by atoms with Gasteiger partial charge < -0.3 is 4.74 Å². The summed E-state index contributed by atoms with van der Waals surface area (Å²) in [6.45, 7) is 4.63. The van der Waals surface area contributed by atoms with Crippen LogP contribution in [0, 0.1) is 17.3 Å². The predicted molar refractivity (Wildman–Crippen MR) is 45.6 cm³/mol. The minimum atomic E-state index is 0.0417. The van der Waals surface area contributed by atoms with E-state index >= 15 is 0 Å². The Kier molecular flexibility index (Phi) is 1.67. The van der Waals surface area contributed by atoms with E-state index in [1.165, 1.54) is 12.8 Å². The van der Waals surface area contributed by atoms with Gasteiger partial charge >= 0.3 is 5.97 Å². The van der Waals surface area contributed by atoms with Gasteiger partial charge in [0.15, 0.2) is 0 Å². The van der Waals surface area contributed by atoms with Crippen LogP contribution >= 0.6 is 0 Å². The molecule has 2 aliphatic rings. The van der Waals surface area contributed by atoms with E-state index in [0.717, 1.165) is 12.3 Å².